The zero-order chi connectivity index (χ0) is 16.0. The molecule has 0 aliphatic heterocycles. The van der Waals surface area contributed by atoms with Gasteiger partial charge in [-0.25, -0.2) is 0 Å². The van der Waals surface area contributed by atoms with Gasteiger partial charge in [0.05, 0.1) is 6.54 Å². The maximum absolute atomic E-state index is 12.4. The van der Waals surface area contributed by atoms with Gasteiger partial charge in [0, 0.05) is 17.7 Å². The molecule has 0 atom stereocenters. The molecule has 0 aromatic heterocycles. The van der Waals surface area contributed by atoms with Gasteiger partial charge >= 0.3 is 6.18 Å². The summed E-state index contributed by atoms with van der Waals surface area (Å²) in [6.45, 7) is 2.21. The van der Waals surface area contributed by atoms with Crippen LogP contribution in [0, 0.1) is 18.8 Å². The first-order valence-corrected chi connectivity index (χ1v) is 6.44. The lowest BCUT2D eigenvalue weighted by Crippen LogP contribution is -2.38. The predicted molar refractivity (Wildman–Crippen MR) is 74.7 cm³/mol. The van der Waals surface area contributed by atoms with Crippen molar-refractivity contribution in [3.63, 3.8) is 0 Å². The van der Waals surface area contributed by atoms with Crippen molar-refractivity contribution in [2.24, 2.45) is 5.73 Å². The van der Waals surface area contributed by atoms with Crippen LogP contribution in [0.15, 0.2) is 18.2 Å². The van der Waals surface area contributed by atoms with Crippen LogP contribution in [0.4, 0.5) is 13.2 Å². The fourth-order valence-electron chi connectivity index (χ4n) is 1.76. The summed E-state index contributed by atoms with van der Waals surface area (Å²) in [6.07, 6.45) is -4.42. The van der Waals surface area contributed by atoms with E-state index in [-0.39, 0.29) is 18.7 Å². The van der Waals surface area contributed by atoms with Crippen LogP contribution in [-0.2, 0) is 0 Å². The molecule has 0 fully saturated rings. The molecule has 1 amide bonds. The van der Waals surface area contributed by atoms with Crippen molar-refractivity contribution < 1.29 is 18.0 Å². The summed E-state index contributed by atoms with van der Waals surface area (Å²) in [7, 11) is 0. The van der Waals surface area contributed by atoms with Crippen LogP contribution in [0.3, 0.4) is 0 Å². The third-order valence-electron chi connectivity index (χ3n) is 2.85. The van der Waals surface area contributed by atoms with E-state index in [1.807, 2.05) is 6.92 Å². The van der Waals surface area contributed by atoms with Gasteiger partial charge in [-0.05, 0) is 31.5 Å². The Balaban J connectivity index is 3.06. The van der Waals surface area contributed by atoms with Crippen LogP contribution < -0.4 is 5.73 Å². The van der Waals surface area contributed by atoms with Crippen molar-refractivity contribution in [1.82, 2.24) is 4.90 Å². The van der Waals surface area contributed by atoms with Crippen molar-refractivity contribution >= 4 is 5.91 Å². The van der Waals surface area contributed by atoms with Crippen molar-refractivity contribution in [2.75, 3.05) is 19.6 Å². The van der Waals surface area contributed by atoms with Crippen LogP contribution in [0.1, 0.15) is 28.4 Å². The van der Waals surface area contributed by atoms with E-state index in [0.717, 1.165) is 10.5 Å². The maximum Gasteiger partial charge on any atom is 0.406 e. The van der Waals surface area contributed by atoms with Crippen LogP contribution in [-0.4, -0.2) is 36.6 Å². The highest BCUT2D eigenvalue weighted by Crippen LogP contribution is 2.19. The number of amides is 1. The molecule has 0 spiro atoms. The van der Waals surface area contributed by atoms with Gasteiger partial charge in [-0.1, -0.05) is 17.9 Å². The number of nitrogens with zero attached hydrogens (tertiary/aromatic N) is 1. The highest BCUT2D eigenvalue weighted by molar-refractivity contribution is 5.94. The molecular formula is C15H17F3N2O. The molecule has 0 saturated heterocycles. The molecule has 0 heterocycles. The first-order valence-electron chi connectivity index (χ1n) is 6.44. The normalized spacial score (nSPS) is 10.8. The van der Waals surface area contributed by atoms with Crippen molar-refractivity contribution in [3.05, 3.63) is 34.9 Å². The van der Waals surface area contributed by atoms with Gasteiger partial charge in [0.25, 0.3) is 5.91 Å². The fraction of sp³-hybridized carbons (Fsp3) is 0.400. The Hall–Kier alpha value is -2.00. The van der Waals surface area contributed by atoms with E-state index in [1.54, 1.807) is 6.07 Å². The molecule has 0 aliphatic carbocycles. The standard InChI is InChI=1S/C15H17F3N2O/c1-3-20(10-15(16,17)18)14(21)13-7-6-11(2)12(9-13)5-4-8-19/h6-7,9H,3,8,10,19H2,1-2H3. The van der Waals surface area contributed by atoms with Gasteiger partial charge < -0.3 is 10.6 Å². The number of benzene rings is 1. The summed E-state index contributed by atoms with van der Waals surface area (Å²) in [5, 5.41) is 0. The minimum atomic E-state index is -4.42. The first-order chi connectivity index (χ1) is 9.78. The SMILES string of the molecule is CCN(CC(F)(F)F)C(=O)c1ccc(C)c(C#CCN)c1. The molecule has 0 aliphatic rings. The van der Waals surface area contributed by atoms with Gasteiger partial charge in [0.1, 0.15) is 6.54 Å². The van der Waals surface area contributed by atoms with Crippen LogP contribution >= 0.6 is 0 Å². The number of halogens is 3. The summed E-state index contributed by atoms with van der Waals surface area (Å²) >= 11 is 0. The Labute approximate surface area is 121 Å². The van der Waals surface area contributed by atoms with Crippen LogP contribution in [0.25, 0.3) is 0 Å². The fourth-order valence-corrected chi connectivity index (χ4v) is 1.76. The Morgan fingerprint density at radius 1 is 1.38 bits per heavy atom. The number of nitrogens with two attached hydrogens (primary N) is 1. The third-order valence-corrected chi connectivity index (χ3v) is 2.85. The minimum Gasteiger partial charge on any atom is -0.330 e. The van der Waals surface area contributed by atoms with Gasteiger partial charge in [-0.3, -0.25) is 4.79 Å². The second-order valence-corrected chi connectivity index (χ2v) is 4.47. The molecule has 6 heteroatoms. The zero-order valence-corrected chi connectivity index (χ0v) is 11.9. The molecule has 1 aromatic rings. The summed E-state index contributed by atoms with van der Waals surface area (Å²) in [4.78, 5) is 12.9. The maximum atomic E-state index is 12.4. The number of rotatable bonds is 3. The first kappa shape index (κ1) is 17.1. The summed E-state index contributed by atoms with van der Waals surface area (Å²) in [5.74, 6) is 4.81. The van der Waals surface area contributed by atoms with Crippen LogP contribution in [0.5, 0.6) is 0 Å². The van der Waals surface area contributed by atoms with E-state index in [1.165, 1.54) is 19.1 Å². The third kappa shape index (κ3) is 5.12. The summed E-state index contributed by atoms with van der Waals surface area (Å²) in [5.41, 5.74) is 6.91. The molecule has 0 radical (unpaired) electrons. The number of alkyl halides is 3. The van der Waals surface area contributed by atoms with E-state index in [0.29, 0.717) is 5.56 Å². The zero-order valence-electron chi connectivity index (χ0n) is 11.9. The number of hydrogen-bond donors (Lipinski definition) is 1. The van der Waals surface area contributed by atoms with E-state index in [9.17, 15) is 18.0 Å². The monoisotopic (exact) mass is 298 g/mol. The quantitative estimate of drug-likeness (QED) is 0.871. The average molecular weight is 298 g/mol. The highest BCUT2D eigenvalue weighted by atomic mass is 19.4. The van der Waals surface area contributed by atoms with E-state index >= 15 is 0 Å². The molecular weight excluding hydrogens is 281 g/mol. The Kier molecular flexibility index (Phi) is 5.79. The largest absolute Gasteiger partial charge is 0.406 e. The average Bonchev–Trinajstić information content (AvgIpc) is 2.42. The Bertz CT molecular complexity index is 571. The number of carbonyl (C=O) groups excluding carboxylic acids is 1. The number of hydrogen-bond acceptors (Lipinski definition) is 2. The molecule has 1 aromatic carbocycles. The number of carbonyl (C=O) groups is 1. The molecule has 0 bridgehead atoms. The predicted octanol–water partition coefficient (Wildman–Crippen LogP) is 2.33. The molecule has 2 N–H and O–H groups in total. The Morgan fingerprint density at radius 3 is 2.57 bits per heavy atom. The Morgan fingerprint density at radius 2 is 2.05 bits per heavy atom. The van der Waals surface area contributed by atoms with Crippen LogP contribution in [0.2, 0.25) is 0 Å². The van der Waals surface area contributed by atoms with E-state index < -0.39 is 18.6 Å². The van der Waals surface area contributed by atoms with E-state index in [4.69, 9.17) is 5.73 Å². The molecule has 1 rings (SSSR count). The topological polar surface area (TPSA) is 46.3 Å². The lowest BCUT2D eigenvalue weighted by atomic mass is 10.0. The van der Waals surface area contributed by atoms with Gasteiger partial charge in [-0.15, -0.1) is 0 Å². The summed E-state index contributed by atoms with van der Waals surface area (Å²) in [6, 6.07) is 4.67. The molecule has 114 valence electrons. The van der Waals surface area contributed by atoms with Crippen molar-refractivity contribution in [3.8, 4) is 11.8 Å². The van der Waals surface area contributed by atoms with Crippen molar-refractivity contribution in [1.29, 1.82) is 0 Å². The number of aryl methyl sites for hydroxylation is 1. The summed E-state index contributed by atoms with van der Waals surface area (Å²) < 4.78 is 37.3. The smallest absolute Gasteiger partial charge is 0.330 e. The highest BCUT2D eigenvalue weighted by Gasteiger charge is 2.32. The molecule has 0 unspecified atom stereocenters. The van der Waals surface area contributed by atoms with Gasteiger partial charge in [0.2, 0.25) is 0 Å². The lowest BCUT2D eigenvalue weighted by Gasteiger charge is -2.22. The second kappa shape index (κ2) is 7.14. The lowest BCUT2D eigenvalue weighted by molar-refractivity contribution is -0.140. The van der Waals surface area contributed by atoms with Gasteiger partial charge in [0.15, 0.2) is 0 Å². The van der Waals surface area contributed by atoms with Gasteiger partial charge in [-0.2, -0.15) is 13.2 Å². The minimum absolute atomic E-state index is 0.0178. The second-order valence-electron chi connectivity index (χ2n) is 4.47. The molecule has 21 heavy (non-hydrogen) atoms. The molecule has 0 saturated carbocycles. The van der Waals surface area contributed by atoms with Crippen molar-refractivity contribution in [2.45, 2.75) is 20.0 Å². The molecule has 3 nitrogen and oxygen atoms in total. The van der Waals surface area contributed by atoms with E-state index in [2.05, 4.69) is 11.8 Å².